The molecule has 46 heavy (non-hydrogen) atoms. The van der Waals surface area contributed by atoms with Crippen molar-refractivity contribution in [1.82, 2.24) is 9.78 Å². The minimum atomic E-state index is -0.101. The smallest absolute Gasteiger partial charge is 0.0679 e. The zero-order chi connectivity index (χ0) is 31.2. The van der Waals surface area contributed by atoms with E-state index in [-0.39, 0.29) is 5.41 Å². The van der Waals surface area contributed by atoms with E-state index in [0.717, 1.165) is 17.1 Å². The number of rotatable bonds is 3. The van der Waals surface area contributed by atoms with E-state index in [0.29, 0.717) is 0 Å². The van der Waals surface area contributed by atoms with E-state index in [1.807, 2.05) is 0 Å². The Morgan fingerprint density at radius 3 is 1.76 bits per heavy atom. The van der Waals surface area contributed by atoms with Gasteiger partial charge in [-0.3, -0.25) is 0 Å². The average Bonchev–Trinajstić information content (AvgIpc) is 3.51. The van der Waals surface area contributed by atoms with E-state index in [2.05, 4.69) is 166 Å². The normalized spacial score (nSPS) is 13.4. The predicted octanol–water partition coefficient (Wildman–Crippen LogP) is 11.6. The summed E-state index contributed by atoms with van der Waals surface area (Å²) in [5.74, 6) is 0. The van der Waals surface area contributed by atoms with Crippen LogP contribution in [0.3, 0.4) is 0 Å². The minimum Gasteiger partial charge on any atom is -0.237 e. The quantitative estimate of drug-likeness (QED) is 0.187. The highest BCUT2D eigenvalue weighted by atomic mass is 15.3. The van der Waals surface area contributed by atoms with Crippen LogP contribution in [-0.2, 0) is 5.41 Å². The van der Waals surface area contributed by atoms with Gasteiger partial charge in [0.2, 0.25) is 0 Å². The van der Waals surface area contributed by atoms with Gasteiger partial charge >= 0.3 is 0 Å². The third-order valence-corrected chi connectivity index (χ3v) is 10.3. The Morgan fingerprint density at radius 2 is 1.09 bits per heavy atom. The lowest BCUT2D eigenvalue weighted by molar-refractivity contribution is 0.661. The molecule has 0 atom stereocenters. The molecule has 0 N–H and O–H groups in total. The number of benzene rings is 7. The second kappa shape index (κ2) is 9.76. The number of aryl methyl sites for hydroxylation is 1. The van der Waals surface area contributed by atoms with Gasteiger partial charge in [-0.05, 0) is 97.7 Å². The topological polar surface area (TPSA) is 17.8 Å². The van der Waals surface area contributed by atoms with E-state index >= 15 is 0 Å². The second-order valence-electron chi connectivity index (χ2n) is 13.2. The van der Waals surface area contributed by atoms with Crippen LogP contribution in [0, 0.1) is 13.8 Å². The van der Waals surface area contributed by atoms with Gasteiger partial charge in [-0.1, -0.05) is 129 Å². The molecule has 2 heteroatoms. The Hall–Kier alpha value is -5.47. The molecule has 0 spiro atoms. The van der Waals surface area contributed by atoms with Gasteiger partial charge < -0.3 is 0 Å². The lowest BCUT2D eigenvalue weighted by Crippen LogP contribution is -2.15. The van der Waals surface area contributed by atoms with Gasteiger partial charge in [0.15, 0.2) is 0 Å². The van der Waals surface area contributed by atoms with Gasteiger partial charge in [0.1, 0.15) is 0 Å². The molecule has 0 bridgehead atoms. The molecule has 0 saturated heterocycles. The summed E-state index contributed by atoms with van der Waals surface area (Å²) in [4.78, 5) is 0. The Balaban J connectivity index is 1.32. The van der Waals surface area contributed by atoms with Gasteiger partial charge in [-0.2, -0.15) is 5.10 Å². The predicted molar refractivity (Wildman–Crippen MR) is 194 cm³/mol. The molecular weight excluding hydrogens is 556 g/mol. The van der Waals surface area contributed by atoms with Gasteiger partial charge in [-0.15, -0.1) is 0 Å². The second-order valence-corrected chi connectivity index (χ2v) is 13.2. The molecule has 0 unspecified atom stereocenters. The summed E-state index contributed by atoms with van der Waals surface area (Å²) in [6.45, 7) is 9.10. The molecule has 1 aliphatic carbocycles. The van der Waals surface area contributed by atoms with Crippen molar-refractivity contribution in [2.75, 3.05) is 0 Å². The van der Waals surface area contributed by atoms with Crippen LogP contribution in [0.5, 0.6) is 0 Å². The fourth-order valence-electron chi connectivity index (χ4n) is 8.20. The van der Waals surface area contributed by atoms with Crippen LogP contribution in [0.1, 0.15) is 36.4 Å². The fourth-order valence-corrected chi connectivity index (χ4v) is 8.20. The highest BCUT2D eigenvalue weighted by molar-refractivity contribution is 6.22. The van der Waals surface area contributed by atoms with E-state index in [1.165, 1.54) is 76.8 Å². The summed E-state index contributed by atoms with van der Waals surface area (Å²) >= 11 is 0. The summed E-state index contributed by atoms with van der Waals surface area (Å²) in [7, 11) is 0. The minimum absolute atomic E-state index is 0.101. The number of hydrogen-bond acceptors (Lipinski definition) is 1. The first kappa shape index (κ1) is 26.9. The molecule has 8 aromatic rings. The molecule has 0 radical (unpaired) electrons. The maximum atomic E-state index is 5.06. The Labute approximate surface area is 269 Å². The number of aromatic nitrogens is 2. The van der Waals surface area contributed by atoms with Gasteiger partial charge in [0.05, 0.1) is 11.4 Å². The molecule has 2 nitrogen and oxygen atoms in total. The molecular formula is C44H34N2. The maximum absolute atomic E-state index is 5.06. The van der Waals surface area contributed by atoms with E-state index in [1.54, 1.807) is 0 Å². The lowest BCUT2D eigenvalue weighted by atomic mass is 9.80. The van der Waals surface area contributed by atoms with Crippen molar-refractivity contribution in [3.8, 4) is 39.1 Å². The van der Waals surface area contributed by atoms with Crippen molar-refractivity contribution in [3.05, 3.63) is 156 Å². The molecule has 1 aliphatic rings. The van der Waals surface area contributed by atoms with Crippen LogP contribution in [-0.4, -0.2) is 9.78 Å². The zero-order valence-corrected chi connectivity index (χ0v) is 26.6. The summed E-state index contributed by atoms with van der Waals surface area (Å²) in [6.07, 6.45) is 0. The standard InChI is InChI=1S/C44H34N2/c1-27-40(28(2)46(45-27)31-15-6-5-7-16-31)43-35-20-12-10-18-33(35)41(34-19-11-13-21-36(34)43)30-22-24-37-39(26-30)44(3,4)38-25-23-29-14-8-9-17-32(29)42(37)38/h5-26H,1-4H3. The molecule has 9 rings (SSSR count). The number of para-hydroxylation sites is 1. The van der Waals surface area contributed by atoms with Crippen molar-refractivity contribution >= 4 is 32.3 Å². The van der Waals surface area contributed by atoms with Crippen molar-refractivity contribution < 1.29 is 0 Å². The molecule has 0 fully saturated rings. The van der Waals surface area contributed by atoms with Crippen LogP contribution >= 0.6 is 0 Å². The van der Waals surface area contributed by atoms with Crippen molar-refractivity contribution in [2.45, 2.75) is 33.1 Å². The van der Waals surface area contributed by atoms with Crippen molar-refractivity contribution in [3.63, 3.8) is 0 Å². The maximum Gasteiger partial charge on any atom is 0.0679 e. The van der Waals surface area contributed by atoms with Crippen LogP contribution in [0.2, 0.25) is 0 Å². The number of hydrogen-bond donors (Lipinski definition) is 0. The Bertz CT molecular complexity index is 2460. The molecule has 1 aromatic heterocycles. The van der Waals surface area contributed by atoms with Crippen LogP contribution in [0.15, 0.2) is 133 Å². The van der Waals surface area contributed by atoms with Gasteiger partial charge in [0.25, 0.3) is 0 Å². The number of fused-ring (bicyclic) bond motifs is 7. The average molecular weight is 591 g/mol. The first-order chi connectivity index (χ1) is 22.4. The first-order valence-corrected chi connectivity index (χ1v) is 16.2. The summed E-state index contributed by atoms with van der Waals surface area (Å²) < 4.78 is 2.09. The SMILES string of the molecule is Cc1nn(-c2ccccc2)c(C)c1-c1c2ccccc2c(-c2ccc3c(c2)C(C)(C)c2ccc4ccccc4c2-3)c2ccccc12. The summed E-state index contributed by atoms with van der Waals surface area (Å²) in [6, 6.07) is 48.9. The van der Waals surface area contributed by atoms with E-state index < -0.39 is 0 Å². The van der Waals surface area contributed by atoms with Crippen molar-refractivity contribution in [2.24, 2.45) is 0 Å². The van der Waals surface area contributed by atoms with E-state index in [4.69, 9.17) is 5.10 Å². The zero-order valence-electron chi connectivity index (χ0n) is 26.6. The highest BCUT2D eigenvalue weighted by Crippen LogP contribution is 2.53. The van der Waals surface area contributed by atoms with Crippen LogP contribution < -0.4 is 0 Å². The Kier molecular flexibility index (Phi) is 5.71. The molecule has 220 valence electrons. The molecule has 0 amide bonds. The first-order valence-electron chi connectivity index (χ1n) is 16.2. The third kappa shape index (κ3) is 3.67. The van der Waals surface area contributed by atoms with Crippen LogP contribution in [0.4, 0.5) is 0 Å². The van der Waals surface area contributed by atoms with Crippen LogP contribution in [0.25, 0.3) is 71.4 Å². The molecule has 7 aromatic carbocycles. The third-order valence-electron chi connectivity index (χ3n) is 10.3. The monoisotopic (exact) mass is 590 g/mol. The molecule has 0 saturated carbocycles. The Morgan fingerprint density at radius 1 is 0.500 bits per heavy atom. The lowest BCUT2D eigenvalue weighted by Gasteiger charge is -2.23. The highest BCUT2D eigenvalue weighted by Gasteiger charge is 2.37. The number of nitrogens with zero attached hydrogens (tertiary/aromatic N) is 2. The fraction of sp³-hybridized carbons (Fsp3) is 0.114. The van der Waals surface area contributed by atoms with Gasteiger partial charge in [-0.25, -0.2) is 4.68 Å². The van der Waals surface area contributed by atoms with Gasteiger partial charge in [0, 0.05) is 22.2 Å². The summed E-state index contributed by atoms with van der Waals surface area (Å²) in [5.41, 5.74) is 13.7. The van der Waals surface area contributed by atoms with E-state index in [9.17, 15) is 0 Å². The summed E-state index contributed by atoms with van der Waals surface area (Å²) in [5, 5.41) is 12.7. The van der Waals surface area contributed by atoms with Crippen molar-refractivity contribution in [1.29, 1.82) is 0 Å². The largest absolute Gasteiger partial charge is 0.237 e. The molecule has 0 aliphatic heterocycles. The molecule has 1 heterocycles.